The lowest BCUT2D eigenvalue weighted by Crippen LogP contribution is -2.19. The number of hydrazone groups is 1. The number of nitrogens with one attached hydrogen (secondary N) is 1. The number of benzene rings is 2. The third kappa shape index (κ3) is 3.54. The first-order valence-corrected chi connectivity index (χ1v) is 6.54. The Morgan fingerprint density at radius 1 is 0.850 bits per heavy atom. The molecule has 0 atom stereocenters. The Kier molecular flexibility index (Phi) is 4.31. The van der Waals surface area contributed by atoms with Crippen LogP contribution in [0.3, 0.4) is 0 Å². The summed E-state index contributed by atoms with van der Waals surface area (Å²) in [6, 6.07) is 15.4. The van der Waals surface area contributed by atoms with Crippen LogP contribution < -0.4 is 5.43 Å². The molecule has 2 aromatic carbocycles. The van der Waals surface area contributed by atoms with Crippen molar-refractivity contribution in [1.82, 2.24) is 5.43 Å². The molecule has 1 amide bonds. The molecule has 0 fully saturated rings. The third-order valence-corrected chi connectivity index (χ3v) is 3.11. The Morgan fingerprint density at radius 3 is 1.80 bits per heavy atom. The summed E-state index contributed by atoms with van der Waals surface area (Å²) in [6.45, 7) is 5.90. The van der Waals surface area contributed by atoms with Gasteiger partial charge in [-0.2, -0.15) is 5.10 Å². The van der Waals surface area contributed by atoms with Crippen LogP contribution in [0.1, 0.15) is 34.0 Å². The number of amides is 1. The number of nitrogens with zero attached hydrogens (tertiary/aromatic N) is 1. The van der Waals surface area contributed by atoms with E-state index in [0.717, 1.165) is 16.8 Å². The third-order valence-electron chi connectivity index (χ3n) is 3.11. The molecule has 20 heavy (non-hydrogen) atoms. The molecule has 0 aliphatic carbocycles. The van der Waals surface area contributed by atoms with E-state index in [2.05, 4.69) is 10.5 Å². The molecular formula is C17H18N2O. The molecule has 0 aliphatic rings. The average Bonchev–Trinajstić information content (AvgIpc) is 2.46. The lowest BCUT2D eigenvalue weighted by Gasteiger charge is -2.04. The highest BCUT2D eigenvalue weighted by Gasteiger charge is 2.04. The van der Waals surface area contributed by atoms with Gasteiger partial charge in [0, 0.05) is 5.56 Å². The van der Waals surface area contributed by atoms with Gasteiger partial charge in [-0.15, -0.1) is 0 Å². The maximum Gasteiger partial charge on any atom is 0.271 e. The first-order chi connectivity index (χ1) is 9.56. The molecule has 0 saturated carbocycles. The predicted molar refractivity (Wildman–Crippen MR) is 82.0 cm³/mol. The number of rotatable bonds is 3. The van der Waals surface area contributed by atoms with E-state index >= 15 is 0 Å². The predicted octanol–water partition coefficient (Wildman–Crippen LogP) is 3.46. The van der Waals surface area contributed by atoms with Gasteiger partial charge in [0.15, 0.2) is 0 Å². The zero-order chi connectivity index (χ0) is 14.5. The Bertz CT molecular complexity index is 625. The first kappa shape index (κ1) is 14.0. The van der Waals surface area contributed by atoms with Crippen LogP contribution >= 0.6 is 0 Å². The van der Waals surface area contributed by atoms with Gasteiger partial charge in [-0.05, 0) is 38.5 Å². The lowest BCUT2D eigenvalue weighted by molar-refractivity contribution is 0.0955. The quantitative estimate of drug-likeness (QED) is 0.671. The van der Waals surface area contributed by atoms with E-state index in [1.807, 2.05) is 57.2 Å². The Balaban J connectivity index is 2.06. The molecule has 0 saturated heterocycles. The zero-order valence-corrected chi connectivity index (χ0v) is 12.0. The number of hydrogen-bond donors (Lipinski definition) is 1. The summed E-state index contributed by atoms with van der Waals surface area (Å²) in [5.74, 6) is -0.198. The molecule has 2 aromatic rings. The highest BCUT2D eigenvalue weighted by molar-refractivity contribution is 6.00. The average molecular weight is 266 g/mol. The van der Waals surface area contributed by atoms with Gasteiger partial charge in [-0.25, -0.2) is 5.43 Å². The van der Waals surface area contributed by atoms with Crippen LogP contribution in [0.15, 0.2) is 53.6 Å². The Morgan fingerprint density at radius 2 is 1.30 bits per heavy atom. The maximum atomic E-state index is 11.9. The fraction of sp³-hybridized carbons (Fsp3) is 0.176. The van der Waals surface area contributed by atoms with Gasteiger partial charge in [0.2, 0.25) is 0 Å². The molecule has 3 nitrogen and oxygen atoms in total. The smallest absolute Gasteiger partial charge is 0.267 e. The Labute approximate surface area is 119 Å². The largest absolute Gasteiger partial charge is 0.271 e. The van der Waals surface area contributed by atoms with Gasteiger partial charge in [-0.3, -0.25) is 4.79 Å². The molecule has 2 rings (SSSR count). The number of carbonyl (C=O) groups is 1. The van der Waals surface area contributed by atoms with E-state index in [0.29, 0.717) is 5.56 Å². The molecule has 0 radical (unpaired) electrons. The van der Waals surface area contributed by atoms with Crippen molar-refractivity contribution >= 4 is 11.6 Å². The highest BCUT2D eigenvalue weighted by Crippen LogP contribution is 2.05. The van der Waals surface area contributed by atoms with Crippen molar-refractivity contribution in [3.8, 4) is 0 Å². The summed E-state index contributed by atoms with van der Waals surface area (Å²) >= 11 is 0. The minimum atomic E-state index is -0.198. The van der Waals surface area contributed by atoms with E-state index in [-0.39, 0.29) is 5.91 Å². The minimum Gasteiger partial charge on any atom is -0.267 e. The van der Waals surface area contributed by atoms with E-state index < -0.39 is 0 Å². The van der Waals surface area contributed by atoms with Gasteiger partial charge < -0.3 is 0 Å². The van der Waals surface area contributed by atoms with E-state index in [1.54, 1.807) is 12.1 Å². The summed E-state index contributed by atoms with van der Waals surface area (Å²) in [5.41, 5.74) is 7.30. The van der Waals surface area contributed by atoms with E-state index in [9.17, 15) is 4.79 Å². The second-order valence-corrected chi connectivity index (χ2v) is 4.87. The highest BCUT2D eigenvalue weighted by atomic mass is 16.2. The fourth-order valence-corrected chi connectivity index (χ4v) is 1.76. The number of hydrogen-bond acceptors (Lipinski definition) is 2. The van der Waals surface area contributed by atoms with Gasteiger partial charge in [0.25, 0.3) is 5.91 Å². The van der Waals surface area contributed by atoms with Crippen molar-refractivity contribution in [2.75, 3.05) is 0 Å². The Hall–Kier alpha value is -2.42. The second-order valence-electron chi connectivity index (χ2n) is 4.87. The van der Waals surface area contributed by atoms with Gasteiger partial charge >= 0.3 is 0 Å². The maximum absolute atomic E-state index is 11.9. The van der Waals surface area contributed by atoms with Crippen LogP contribution in [0.5, 0.6) is 0 Å². The van der Waals surface area contributed by atoms with Gasteiger partial charge in [0.05, 0.1) is 5.71 Å². The zero-order valence-electron chi connectivity index (χ0n) is 12.0. The van der Waals surface area contributed by atoms with Crippen molar-refractivity contribution in [3.05, 3.63) is 70.8 Å². The lowest BCUT2D eigenvalue weighted by atomic mass is 10.1. The molecule has 0 aromatic heterocycles. The number of aryl methyl sites for hydroxylation is 2. The summed E-state index contributed by atoms with van der Waals surface area (Å²) in [6.07, 6.45) is 0. The normalized spacial score (nSPS) is 11.2. The van der Waals surface area contributed by atoms with E-state index in [4.69, 9.17) is 0 Å². The van der Waals surface area contributed by atoms with Crippen molar-refractivity contribution in [1.29, 1.82) is 0 Å². The first-order valence-electron chi connectivity index (χ1n) is 6.54. The van der Waals surface area contributed by atoms with Crippen molar-refractivity contribution < 1.29 is 4.79 Å². The van der Waals surface area contributed by atoms with Gasteiger partial charge in [-0.1, -0.05) is 47.5 Å². The SMILES string of the molecule is CC(=NNC(=O)c1ccc(C)cc1)c1ccc(C)cc1. The van der Waals surface area contributed by atoms with Crippen LogP contribution in [0, 0.1) is 13.8 Å². The van der Waals surface area contributed by atoms with Crippen molar-refractivity contribution in [2.24, 2.45) is 5.10 Å². The van der Waals surface area contributed by atoms with Crippen LogP contribution in [0.2, 0.25) is 0 Å². The molecule has 0 bridgehead atoms. The standard InChI is InChI=1S/C17H18N2O/c1-12-4-8-15(9-5-12)14(3)18-19-17(20)16-10-6-13(2)7-11-16/h4-11H,1-3H3,(H,19,20). The molecular weight excluding hydrogens is 248 g/mol. The van der Waals surface area contributed by atoms with Crippen LogP contribution in [-0.4, -0.2) is 11.6 Å². The van der Waals surface area contributed by atoms with Crippen LogP contribution in [0.4, 0.5) is 0 Å². The molecule has 0 aliphatic heterocycles. The van der Waals surface area contributed by atoms with Gasteiger partial charge in [0.1, 0.15) is 0 Å². The monoisotopic (exact) mass is 266 g/mol. The molecule has 0 spiro atoms. The van der Waals surface area contributed by atoms with Crippen LogP contribution in [-0.2, 0) is 0 Å². The van der Waals surface area contributed by atoms with Crippen LogP contribution in [0.25, 0.3) is 0 Å². The minimum absolute atomic E-state index is 0.198. The molecule has 1 N–H and O–H groups in total. The summed E-state index contributed by atoms with van der Waals surface area (Å²) in [5, 5.41) is 4.14. The van der Waals surface area contributed by atoms with Crippen molar-refractivity contribution in [2.45, 2.75) is 20.8 Å². The van der Waals surface area contributed by atoms with E-state index in [1.165, 1.54) is 5.56 Å². The summed E-state index contributed by atoms with van der Waals surface area (Å²) in [7, 11) is 0. The fourth-order valence-electron chi connectivity index (χ4n) is 1.76. The second kappa shape index (κ2) is 6.15. The molecule has 102 valence electrons. The molecule has 3 heteroatoms. The summed E-state index contributed by atoms with van der Waals surface area (Å²) in [4.78, 5) is 11.9. The molecule has 0 unspecified atom stereocenters. The topological polar surface area (TPSA) is 41.5 Å². The molecule has 0 heterocycles. The summed E-state index contributed by atoms with van der Waals surface area (Å²) < 4.78 is 0. The number of carbonyl (C=O) groups excluding carboxylic acids is 1. The van der Waals surface area contributed by atoms with Crippen molar-refractivity contribution in [3.63, 3.8) is 0 Å².